The zero-order chi connectivity index (χ0) is 14.0. The first-order valence-corrected chi connectivity index (χ1v) is 7.50. The van der Waals surface area contributed by atoms with E-state index in [9.17, 15) is 4.79 Å². The summed E-state index contributed by atoms with van der Waals surface area (Å²) in [6.45, 7) is 8.94. The molecule has 0 saturated carbocycles. The molecule has 2 rings (SSSR count). The van der Waals surface area contributed by atoms with Crippen molar-refractivity contribution in [3.63, 3.8) is 0 Å². The molecule has 2 aromatic heterocycles. The standard InChI is InChI=1S/C13H20N4OS/c1-5-6-7-14-12(18)10-9(4)17-11(8(2)3)15-16-13(17)19-10/h8H,5-7H2,1-4H3,(H,14,18). The SMILES string of the molecule is CCCCNC(=O)c1sc2nnc(C(C)C)n2c1C. The first-order valence-electron chi connectivity index (χ1n) is 6.68. The Morgan fingerprint density at radius 1 is 1.42 bits per heavy atom. The summed E-state index contributed by atoms with van der Waals surface area (Å²) in [5, 5.41) is 11.3. The molecule has 0 aliphatic carbocycles. The monoisotopic (exact) mass is 280 g/mol. The van der Waals surface area contributed by atoms with Crippen molar-refractivity contribution in [1.82, 2.24) is 19.9 Å². The predicted molar refractivity (Wildman–Crippen MR) is 76.9 cm³/mol. The average Bonchev–Trinajstić information content (AvgIpc) is 2.90. The molecular weight excluding hydrogens is 260 g/mol. The van der Waals surface area contributed by atoms with Gasteiger partial charge in [0, 0.05) is 18.2 Å². The fourth-order valence-electron chi connectivity index (χ4n) is 1.97. The molecule has 0 radical (unpaired) electrons. The van der Waals surface area contributed by atoms with Crippen LogP contribution < -0.4 is 5.32 Å². The van der Waals surface area contributed by atoms with Crippen molar-refractivity contribution in [2.45, 2.75) is 46.5 Å². The number of aromatic nitrogens is 3. The highest BCUT2D eigenvalue weighted by Crippen LogP contribution is 2.25. The third-order valence-electron chi connectivity index (χ3n) is 3.05. The molecule has 0 unspecified atom stereocenters. The van der Waals surface area contributed by atoms with E-state index in [0.29, 0.717) is 5.92 Å². The van der Waals surface area contributed by atoms with E-state index in [-0.39, 0.29) is 5.91 Å². The maximum Gasteiger partial charge on any atom is 0.263 e. The van der Waals surface area contributed by atoms with Gasteiger partial charge in [0.05, 0.1) is 0 Å². The lowest BCUT2D eigenvalue weighted by Crippen LogP contribution is -2.24. The zero-order valence-electron chi connectivity index (χ0n) is 11.9. The van der Waals surface area contributed by atoms with Crippen molar-refractivity contribution in [2.24, 2.45) is 0 Å². The number of hydrogen-bond acceptors (Lipinski definition) is 4. The lowest BCUT2D eigenvalue weighted by molar-refractivity contribution is 0.0956. The summed E-state index contributed by atoms with van der Waals surface area (Å²) in [6.07, 6.45) is 2.08. The minimum atomic E-state index is -0.00356. The van der Waals surface area contributed by atoms with Crippen LogP contribution in [0.2, 0.25) is 0 Å². The van der Waals surface area contributed by atoms with Gasteiger partial charge >= 0.3 is 0 Å². The van der Waals surface area contributed by atoms with Gasteiger partial charge < -0.3 is 5.32 Å². The van der Waals surface area contributed by atoms with Gasteiger partial charge in [-0.1, -0.05) is 38.5 Å². The molecule has 0 spiro atoms. The maximum atomic E-state index is 12.1. The zero-order valence-corrected chi connectivity index (χ0v) is 12.7. The molecule has 0 aliphatic rings. The van der Waals surface area contributed by atoms with Gasteiger partial charge in [-0.2, -0.15) is 0 Å². The van der Waals surface area contributed by atoms with Gasteiger partial charge in [0.2, 0.25) is 4.96 Å². The van der Waals surface area contributed by atoms with E-state index in [1.165, 1.54) is 11.3 Å². The number of aryl methyl sites for hydroxylation is 1. The van der Waals surface area contributed by atoms with E-state index in [0.717, 1.165) is 40.7 Å². The summed E-state index contributed by atoms with van der Waals surface area (Å²) in [5.74, 6) is 1.20. The molecule has 0 fully saturated rings. The molecule has 0 aromatic carbocycles. The molecular formula is C13H20N4OS. The van der Waals surface area contributed by atoms with Crippen LogP contribution in [0.1, 0.15) is 60.7 Å². The quantitative estimate of drug-likeness (QED) is 0.857. The molecule has 0 atom stereocenters. The van der Waals surface area contributed by atoms with Crippen molar-refractivity contribution < 1.29 is 4.79 Å². The van der Waals surface area contributed by atoms with E-state index in [2.05, 4.69) is 36.3 Å². The Kier molecular flexibility index (Phi) is 4.19. The number of rotatable bonds is 5. The Bertz CT molecular complexity index is 585. The number of fused-ring (bicyclic) bond motifs is 1. The molecule has 19 heavy (non-hydrogen) atoms. The smallest absolute Gasteiger partial charge is 0.263 e. The number of nitrogens with zero attached hydrogens (tertiary/aromatic N) is 3. The van der Waals surface area contributed by atoms with Crippen LogP contribution in [0.3, 0.4) is 0 Å². The van der Waals surface area contributed by atoms with Gasteiger partial charge in [0.25, 0.3) is 5.91 Å². The number of unbranched alkanes of at least 4 members (excludes halogenated alkanes) is 1. The van der Waals surface area contributed by atoms with Gasteiger partial charge in [-0.3, -0.25) is 9.20 Å². The molecule has 1 amide bonds. The van der Waals surface area contributed by atoms with Gasteiger partial charge in [0.1, 0.15) is 10.7 Å². The number of amides is 1. The normalized spacial score (nSPS) is 11.4. The molecule has 0 aliphatic heterocycles. The molecule has 6 heteroatoms. The van der Waals surface area contributed by atoms with Crippen molar-refractivity contribution in [3.8, 4) is 0 Å². The molecule has 0 saturated heterocycles. The highest BCUT2D eigenvalue weighted by molar-refractivity contribution is 7.19. The summed E-state index contributed by atoms with van der Waals surface area (Å²) < 4.78 is 1.99. The van der Waals surface area contributed by atoms with Gasteiger partial charge in [0.15, 0.2) is 0 Å². The van der Waals surface area contributed by atoms with Crippen LogP contribution in [0, 0.1) is 6.92 Å². The highest BCUT2D eigenvalue weighted by Gasteiger charge is 2.20. The summed E-state index contributed by atoms with van der Waals surface area (Å²) in [7, 11) is 0. The summed E-state index contributed by atoms with van der Waals surface area (Å²) >= 11 is 1.41. The van der Waals surface area contributed by atoms with Crippen LogP contribution >= 0.6 is 11.3 Å². The van der Waals surface area contributed by atoms with Crippen LogP contribution in [0.25, 0.3) is 4.96 Å². The number of hydrogen-bond donors (Lipinski definition) is 1. The van der Waals surface area contributed by atoms with E-state index < -0.39 is 0 Å². The minimum Gasteiger partial charge on any atom is -0.351 e. The first-order chi connectivity index (χ1) is 9.06. The van der Waals surface area contributed by atoms with Crippen LogP contribution in [0.15, 0.2) is 0 Å². The van der Waals surface area contributed by atoms with Crippen LogP contribution in [0.5, 0.6) is 0 Å². The van der Waals surface area contributed by atoms with Crippen LogP contribution in [-0.2, 0) is 0 Å². The van der Waals surface area contributed by atoms with Crippen molar-refractivity contribution >= 4 is 22.2 Å². The second-order valence-corrected chi connectivity index (χ2v) is 5.93. The van der Waals surface area contributed by atoms with Crippen LogP contribution in [-0.4, -0.2) is 27.0 Å². The van der Waals surface area contributed by atoms with Crippen LogP contribution in [0.4, 0.5) is 0 Å². The number of carbonyl (C=O) groups is 1. The van der Waals surface area contributed by atoms with Gasteiger partial charge in [-0.25, -0.2) is 0 Å². The lowest BCUT2D eigenvalue weighted by atomic mass is 10.2. The number of thiazole rings is 1. The van der Waals surface area contributed by atoms with Crippen molar-refractivity contribution in [2.75, 3.05) is 6.54 Å². The predicted octanol–water partition coefficient (Wildman–Crippen LogP) is 2.75. The Balaban J connectivity index is 2.30. The van der Waals surface area contributed by atoms with Gasteiger partial charge in [-0.05, 0) is 13.3 Å². The lowest BCUT2D eigenvalue weighted by Gasteiger charge is -2.04. The Labute approximate surface area is 117 Å². The summed E-state index contributed by atoms with van der Waals surface area (Å²) in [5.41, 5.74) is 0.933. The van der Waals surface area contributed by atoms with E-state index in [1.807, 2.05) is 11.3 Å². The van der Waals surface area contributed by atoms with E-state index >= 15 is 0 Å². The number of nitrogens with one attached hydrogen (secondary N) is 1. The Morgan fingerprint density at radius 2 is 2.16 bits per heavy atom. The fourth-order valence-corrected chi connectivity index (χ4v) is 2.96. The minimum absolute atomic E-state index is 0.00356. The summed E-state index contributed by atoms with van der Waals surface area (Å²) in [6, 6.07) is 0. The third-order valence-corrected chi connectivity index (χ3v) is 4.19. The molecule has 1 N–H and O–H groups in total. The molecule has 104 valence electrons. The average molecular weight is 280 g/mol. The number of carbonyl (C=O) groups excluding carboxylic acids is 1. The fraction of sp³-hybridized carbons (Fsp3) is 0.615. The molecule has 0 bridgehead atoms. The second kappa shape index (κ2) is 5.69. The molecule has 2 heterocycles. The largest absolute Gasteiger partial charge is 0.351 e. The Morgan fingerprint density at radius 3 is 2.79 bits per heavy atom. The van der Waals surface area contributed by atoms with Gasteiger partial charge in [-0.15, -0.1) is 10.2 Å². The Hall–Kier alpha value is -1.43. The molecule has 5 nitrogen and oxygen atoms in total. The first kappa shape index (κ1) is 14.0. The van der Waals surface area contributed by atoms with Crippen molar-refractivity contribution in [1.29, 1.82) is 0 Å². The molecule has 2 aromatic rings. The topological polar surface area (TPSA) is 59.3 Å². The van der Waals surface area contributed by atoms with Crippen molar-refractivity contribution in [3.05, 3.63) is 16.4 Å². The highest BCUT2D eigenvalue weighted by atomic mass is 32.1. The maximum absolute atomic E-state index is 12.1. The third kappa shape index (κ3) is 2.63. The van der Waals surface area contributed by atoms with E-state index in [1.54, 1.807) is 0 Å². The summed E-state index contributed by atoms with van der Waals surface area (Å²) in [4.78, 5) is 13.7. The van der Waals surface area contributed by atoms with E-state index in [4.69, 9.17) is 0 Å². The second-order valence-electron chi connectivity index (χ2n) is 4.96.